The Balaban J connectivity index is 1.57. The molecule has 11 heteroatoms. The minimum Gasteiger partial charge on any atom is -0.462 e. The molecular weight excluding hydrogens is 505 g/mol. The zero-order chi connectivity index (χ0) is 25.7. The summed E-state index contributed by atoms with van der Waals surface area (Å²) in [4.78, 5) is 36.5. The van der Waals surface area contributed by atoms with Crippen molar-refractivity contribution >= 4 is 46.9 Å². The highest BCUT2D eigenvalue weighted by molar-refractivity contribution is 6.36. The van der Waals surface area contributed by atoms with Gasteiger partial charge in [-0.2, -0.15) is 0 Å². The molecule has 2 aromatic heterocycles. The largest absolute Gasteiger partial charge is 0.462 e. The molecule has 4 rings (SSSR count). The SMILES string of the molecule is CCOC(=O)c1ccc(NCCC2(c3ccc([N+](=O)[O-])cn3)C=CC=N2)nc1-c1ccc(Cl)cc1Cl. The molecule has 0 spiro atoms. The molecule has 1 aliphatic heterocycles. The summed E-state index contributed by atoms with van der Waals surface area (Å²) in [5, 5.41) is 15.0. The number of nitrogens with zero attached hydrogens (tertiary/aromatic N) is 4. The average Bonchev–Trinajstić information content (AvgIpc) is 3.34. The van der Waals surface area contributed by atoms with E-state index in [0.29, 0.717) is 45.8 Å². The molecular formula is C25H21Cl2N5O4. The van der Waals surface area contributed by atoms with Crippen LogP contribution in [0.3, 0.4) is 0 Å². The fraction of sp³-hybridized carbons (Fsp3) is 0.200. The number of esters is 1. The van der Waals surface area contributed by atoms with Crippen LogP contribution in [0.5, 0.6) is 0 Å². The first-order valence-corrected chi connectivity index (χ1v) is 11.8. The van der Waals surface area contributed by atoms with Crippen molar-refractivity contribution in [1.29, 1.82) is 0 Å². The minimum absolute atomic E-state index is 0.0859. The highest BCUT2D eigenvalue weighted by atomic mass is 35.5. The normalized spacial score (nSPS) is 16.2. The highest BCUT2D eigenvalue weighted by Gasteiger charge is 2.32. The Kier molecular flexibility index (Phi) is 7.61. The first kappa shape index (κ1) is 25.3. The van der Waals surface area contributed by atoms with Crippen molar-refractivity contribution in [2.75, 3.05) is 18.5 Å². The van der Waals surface area contributed by atoms with Crippen LogP contribution in [0.15, 0.2) is 65.8 Å². The number of nitro groups is 1. The fourth-order valence-corrected chi connectivity index (χ4v) is 4.30. The molecule has 3 heterocycles. The van der Waals surface area contributed by atoms with Gasteiger partial charge in [0.05, 0.1) is 33.5 Å². The fourth-order valence-electron chi connectivity index (χ4n) is 3.80. The van der Waals surface area contributed by atoms with Crippen molar-refractivity contribution in [2.24, 2.45) is 4.99 Å². The number of aromatic nitrogens is 2. The van der Waals surface area contributed by atoms with Crippen molar-refractivity contribution in [3.8, 4) is 11.3 Å². The number of pyridine rings is 2. The predicted molar refractivity (Wildman–Crippen MR) is 139 cm³/mol. The summed E-state index contributed by atoms with van der Waals surface area (Å²) in [6.45, 7) is 2.39. The topological polar surface area (TPSA) is 120 Å². The van der Waals surface area contributed by atoms with Crippen LogP contribution in [0.1, 0.15) is 29.4 Å². The van der Waals surface area contributed by atoms with Crippen LogP contribution < -0.4 is 5.32 Å². The number of carbonyl (C=O) groups excluding carboxylic acids is 1. The molecule has 184 valence electrons. The van der Waals surface area contributed by atoms with E-state index in [1.54, 1.807) is 49.5 Å². The van der Waals surface area contributed by atoms with Crippen molar-refractivity contribution in [3.63, 3.8) is 0 Å². The van der Waals surface area contributed by atoms with Crippen molar-refractivity contribution < 1.29 is 14.5 Å². The van der Waals surface area contributed by atoms with Gasteiger partial charge in [-0.15, -0.1) is 0 Å². The zero-order valence-electron chi connectivity index (χ0n) is 19.1. The van der Waals surface area contributed by atoms with Gasteiger partial charge in [-0.05, 0) is 61.9 Å². The summed E-state index contributed by atoms with van der Waals surface area (Å²) in [7, 11) is 0. The molecule has 1 atom stereocenters. The van der Waals surface area contributed by atoms with E-state index < -0.39 is 16.4 Å². The molecule has 0 aliphatic carbocycles. The molecule has 36 heavy (non-hydrogen) atoms. The first-order chi connectivity index (χ1) is 17.3. The molecule has 0 saturated carbocycles. The van der Waals surface area contributed by atoms with Crippen molar-refractivity contribution in [2.45, 2.75) is 18.9 Å². The quantitative estimate of drug-likeness (QED) is 0.210. The van der Waals surface area contributed by atoms with Gasteiger partial charge >= 0.3 is 5.97 Å². The molecule has 1 N–H and O–H groups in total. The number of carbonyl (C=O) groups is 1. The van der Waals surface area contributed by atoms with Crippen LogP contribution in [-0.2, 0) is 10.3 Å². The number of aliphatic imine (C=N–C) groups is 1. The van der Waals surface area contributed by atoms with Gasteiger partial charge in [-0.3, -0.25) is 20.1 Å². The van der Waals surface area contributed by atoms with Gasteiger partial charge in [0.25, 0.3) is 5.69 Å². The minimum atomic E-state index is -0.755. The van der Waals surface area contributed by atoms with E-state index in [0.717, 1.165) is 0 Å². The maximum atomic E-state index is 12.6. The molecule has 0 amide bonds. The van der Waals surface area contributed by atoms with Crippen LogP contribution in [0, 0.1) is 10.1 Å². The maximum Gasteiger partial charge on any atom is 0.340 e. The van der Waals surface area contributed by atoms with Crippen LogP contribution in [0.2, 0.25) is 10.0 Å². The van der Waals surface area contributed by atoms with Crippen molar-refractivity contribution in [1.82, 2.24) is 9.97 Å². The Morgan fingerprint density at radius 1 is 1.19 bits per heavy atom. The zero-order valence-corrected chi connectivity index (χ0v) is 20.7. The number of rotatable bonds is 9. The Bertz CT molecular complexity index is 1350. The van der Waals surface area contributed by atoms with E-state index in [4.69, 9.17) is 27.9 Å². The van der Waals surface area contributed by atoms with Gasteiger partial charge in [-0.25, -0.2) is 9.78 Å². The van der Waals surface area contributed by atoms with Crippen molar-refractivity contribution in [3.05, 3.63) is 92.2 Å². The number of anilines is 1. The first-order valence-electron chi connectivity index (χ1n) is 11.0. The lowest BCUT2D eigenvalue weighted by Gasteiger charge is -2.24. The summed E-state index contributed by atoms with van der Waals surface area (Å²) in [6.07, 6.45) is 7.12. The monoisotopic (exact) mass is 525 g/mol. The highest BCUT2D eigenvalue weighted by Crippen LogP contribution is 2.34. The number of ether oxygens (including phenoxy) is 1. The smallest absolute Gasteiger partial charge is 0.340 e. The molecule has 0 fully saturated rings. The molecule has 1 aliphatic rings. The maximum absolute atomic E-state index is 12.6. The van der Waals surface area contributed by atoms with Gasteiger partial charge in [-0.1, -0.05) is 23.2 Å². The van der Waals surface area contributed by atoms with E-state index in [1.165, 1.54) is 12.3 Å². The molecule has 3 aromatic rings. The lowest BCUT2D eigenvalue weighted by Crippen LogP contribution is -2.24. The number of allylic oxidation sites excluding steroid dienone is 1. The van der Waals surface area contributed by atoms with E-state index in [-0.39, 0.29) is 17.9 Å². The number of nitrogens with one attached hydrogen (secondary N) is 1. The number of hydrogen-bond acceptors (Lipinski definition) is 8. The third-order valence-corrected chi connectivity index (χ3v) is 6.10. The van der Waals surface area contributed by atoms with Crippen LogP contribution >= 0.6 is 23.2 Å². The van der Waals surface area contributed by atoms with Crippen LogP contribution in [0.4, 0.5) is 11.5 Å². The van der Waals surface area contributed by atoms with Crippen LogP contribution in [-0.4, -0.2) is 40.2 Å². The molecule has 1 unspecified atom stereocenters. The van der Waals surface area contributed by atoms with Crippen LogP contribution in [0.25, 0.3) is 11.3 Å². The van der Waals surface area contributed by atoms with Gasteiger partial charge < -0.3 is 10.1 Å². The number of halogens is 2. The summed E-state index contributed by atoms with van der Waals surface area (Å²) in [5.74, 6) is 0.00743. The third-order valence-electron chi connectivity index (χ3n) is 5.55. The van der Waals surface area contributed by atoms with E-state index in [9.17, 15) is 14.9 Å². The summed E-state index contributed by atoms with van der Waals surface area (Å²) < 4.78 is 5.19. The summed E-state index contributed by atoms with van der Waals surface area (Å²) >= 11 is 12.4. The second-order valence-electron chi connectivity index (χ2n) is 7.83. The molecule has 9 nitrogen and oxygen atoms in total. The number of hydrogen-bond donors (Lipinski definition) is 1. The standard InChI is InChI=1S/C25H21Cl2N5O4/c1-2-36-24(33)19-7-9-22(31-23(19)18-6-4-16(26)14-20(18)27)28-13-11-25(10-3-12-30-25)21-8-5-17(15-29-21)32(34)35/h3-10,12,14-15H,2,11,13H2,1H3,(H,28,31). The second-order valence-corrected chi connectivity index (χ2v) is 8.68. The second kappa shape index (κ2) is 10.8. The van der Waals surface area contributed by atoms with Gasteiger partial charge in [0.1, 0.15) is 17.6 Å². The molecule has 1 aromatic carbocycles. The van der Waals surface area contributed by atoms with E-state index >= 15 is 0 Å². The Hall–Kier alpha value is -3.82. The Labute approximate surface area is 217 Å². The average molecular weight is 526 g/mol. The van der Waals surface area contributed by atoms with E-state index in [1.807, 2.05) is 12.2 Å². The molecule has 0 bridgehead atoms. The van der Waals surface area contributed by atoms with Gasteiger partial charge in [0.15, 0.2) is 0 Å². The predicted octanol–water partition coefficient (Wildman–Crippen LogP) is 5.87. The lowest BCUT2D eigenvalue weighted by atomic mass is 9.92. The third kappa shape index (κ3) is 5.37. The Morgan fingerprint density at radius 3 is 2.67 bits per heavy atom. The van der Waals surface area contributed by atoms with Gasteiger partial charge in [0.2, 0.25) is 0 Å². The van der Waals surface area contributed by atoms with Gasteiger partial charge in [0, 0.05) is 29.4 Å². The lowest BCUT2D eigenvalue weighted by molar-refractivity contribution is -0.385. The molecule has 0 radical (unpaired) electrons. The van der Waals surface area contributed by atoms with E-state index in [2.05, 4.69) is 20.3 Å². The molecule has 0 saturated heterocycles. The summed E-state index contributed by atoms with van der Waals surface area (Å²) in [6, 6.07) is 11.3. The summed E-state index contributed by atoms with van der Waals surface area (Å²) in [5.41, 5.74) is 0.946. The number of benzene rings is 1. The Morgan fingerprint density at radius 2 is 2.03 bits per heavy atom.